The molecular formula is C10H14ClF2NO. The van der Waals surface area contributed by atoms with Gasteiger partial charge in [-0.05, 0) is 24.6 Å². The van der Waals surface area contributed by atoms with Gasteiger partial charge in [0.1, 0.15) is 11.6 Å². The highest BCUT2D eigenvalue weighted by molar-refractivity contribution is 5.85. The van der Waals surface area contributed by atoms with Crippen molar-refractivity contribution in [1.29, 1.82) is 0 Å². The Morgan fingerprint density at radius 2 is 2.13 bits per heavy atom. The molecule has 15 heavy (non-hydrogen) atoms. The largest absolute Gasteiger partial charge is 0.497 e. The van der Waals surface area contributed by atoms with Crippen LogP contribution in [0.3, 0.4) is 0 Å². The first-order valence-corrected chi connectivity index (χ1v) is 4.34. The molecule has 0 spiro atoms. The lowest BCUT2D eigenvalue weighted by molar-refractivity contribution is 0.408. The van der Waals surface area contributed by atoms with E-state index in [0.717, 1.165) is 0 Å². The SMILES string of the molecule is COc1ccc(F)c([C@@H](N)CCF)c1.Cl. The van der Waals surface area contributed by atoms with E-state index in [0.29, 0.717) is 11.3 Å². The van der Waals surface area contributed by atoms with Crippen molar-refractivity contribution in [2.24, 2.45) is 5.73 Å². The third kappa shape index (κ3) is 3.64. The van der Waals surface area contributed by atoms with Crippen LogP contribution >= 0.6 is 12.4 Å². The lowest BCUT2D eigenvalue weighted by Crippen LogP contribution is -2.12. The number of ether oxygens (including phenoxy) is 1. The number of rotatable bonds is 4. The van der Waals surface area contributed by atoms with E-state index in [-0.39, 0.29) is 18.8 Å². The van der Waals surface area contributed by atoms with Gasteiger partial charge in [-0.2, -0.15) is 0 Å². The van der Waals surface area contributed by atoms with E-state index in [1.165, 1.54) is 25.3 Å². The minimum atomic E-state index is -0.616. The van der Waals surface area contributed by atoms with Crippen LogP contribution in [-0.4, -0.2) is 13.8 Å². The first-order chi connectivity index (χ1) is 6.69. The highest BCUT2D eigenvalue weighted by Crippen LogP contribution is 2.23. The summed E-state index contributed by atoms with van der Waals surface area (Å²) in [6, 6.07) is 3.65. The number of hydrogen-bond acceptors (Lipinski definition) is 2. The van der Waals surface area contributed by atoms with E-state index in [9.17, 15) is 8.78 Å². The van der Waals surface area contributed by atoms with Crippen LogP contribution < -0.4 is 10.5 Å². The molecule has 0 aliphatic heterocycles. The molecule has 0 fully saturated rings. The molecule has 0 unspecified atom stereocenters. The molecule has 86 valence electrons. The molecule has 1 atom stereocenters. The van der Waals surface area contributed by atoms with Gasteiger partial charge in [0.05, 0.1) is 13.8 Å². The molecular weight excluding hydrogens is 224 g/mol. The maximum absolute atomic E-state index is 13.2. The summed E-state index contributed by atoms with van der Waals surface area (Å²) in [6.07, 6.45) is 0.115. The molecule has 1 rings (SSSR count). The maximum Gasteiger partial charge on any atom is 0.128 e. The summed E-state index contributed by atoms with van der Waals surface area (Å²) in [5.41, 5.74) is 5.89. The third-order valence-electron chi connectivity index (χ3n) is 2.02. The summed E-state index contributed by atoms with van der Waals surface area (Å²) < 4.78 is 30.2. The quantitative estimate of drug-likeness (QED) is 0.874. The summed E-state index contributed by atoms with van der Waals surface area (Å²) >= 11 is 0. The second-order valence-corrected chi connectivity index (χ2v) is 2.97. The van der Waals surface area contributed by atoms with Gasteiger partial charge >= 0.3 is 0 Å². The molecule has 5 heteroatoms. The summed E-state index contributed by atoms with van der Waals surface area (Å²) in [4.78, 5) is 0. The average molecular weight is 238 g/mol. The summed E-state index contributed by atoms with van der Waals surface area (Å²) in [5, 5.41) is 0. The summed E-state index contributed by atoms with van der Waals surface area (Å²) in [7, 11) is 1.48. The Morgan fingerprint density at radius 3 is 2.67 bits per heavy atom. The van der Waals surface area contributed by atoms with Crippen molar-refractivity contribution in [2.45, 2.75) is 12.5 Å². The zero-order valence-electron chi connectivity index (χ0n) is 8.37. The molecule has 0 saturated carbocycles. The average Bonchev–Trinajstić information content (AvgIpc) is 2.19. The summed E-state index contributed by atoms with van der Waals surface area (Å²) in [6.45, 7) is -0.558. The van der Waals surface area contributed by atoms with Gasteiger partial charge in [-0.15, -0.1) is 12.4 Å². The Bertz CT molecular complexity index is 309. The van der Waals surface area contributed by atoms with Crippen LogP contribution in [0.2, 0.25) is 0 Å². The van der Waals surface area contributed by atoms with E-state index in [1.807, 2.05) is 0 Å². The van der Waals surface area contributed by atoms with Gasteiger partial charge in [-0.1, -0.05) is 0 Å². The smallest absolute Gasteiger partial charge is 0.128 e. The number of hydrogen-bond donors (Lipinski definition) is 1. The van der Waals surface area contributed by atoms with Crippen LogP contribution in [0, 0.1) is 5.82 Å². The molecule has 0 bridgehead atoms. The number of nitrogens with two attached hydrogens (primary N) is 1. The highest BCUT2D eigenvalue weighted by atomic mass is 35.5. The minimum Gasteiger partial charge on any atom is -0.497 e. The van der Waals surface area contributed by atoms with Crippen LogP contribution in [-0.2, 0) is 0 Å². The molecule has 0 radical (unpaired) electrons. The number of alkyl halides is 1. The second-order valence-electron chi connectivity index (χ2n) is 2.97. The van der Waals surface area contributed by atoms with Gasteiger partial charge < -0.3 is 10.5 Å². The van der Waals surface area contributed by atoms with E-state index in [2.05, 4.69) is 0 Å². The molecule has 0 heterocycles. The fraction of sp³-hybridized carbons (Fsp3) is 0.400. The molecule has 2 N–H and O–H groups in total. The molecule has 0 aromatic heterocycles. The fourth-order valence-electron chi connectivity index (χ4n) is 1.21. The van der Waals surface area contributed by atoms with Crippen molar-refractivity contribution >= 4 is 12.4 Å². The van der Waals surface area contributed by atoms with Crippen LogP contribution in [0.4, 0.5) is 8.78 Å². The van der Waals surface area contributed by atoms with Crippen LogP contribution in [0.25, 0.3) is 0 Å². The van der Waals surface area contributed by atoms with Crippen molar-refractivity contribution in [3.63, 3.8) is 0 Å². The van der Waals surface area contributed by atoms with E-state index < -0.39 is 18.5 Å². The molecule has 0 saturated heterocycles. The van der Waals surface area contributed by atoms with Gasteiger partial charge in [0.15, 0.2) is 0 Å². The lowest BCUT2D eigenvalue weighted by Gasteiger charge is -2.12. The predicted molar refractivity (Wildman–Crippen MR) is 57.7 cm³/mol. The van der Waals surface area contributed by atoms with Crippen molar-refractivity contribution in [3.8, 4) is 5.75 Å². The zero-order valence-corrected chi connectivity index (χ0v) is 9.19. The monoisotopic (exact) mass is 237 g/mol. The molecule has 1 aromatic rings. The Morgan fingerprint density at radius 1 is 1.47 bits per heavy atom. The van der Waals surface area contributed by atoms with Gasteiger partial charge in [-0.3, -0.25) is 4.39 Å². The maximum atomic E-state index is 13.2. The Hall–Kier alpha value is -0.870. The van der Waals surface area contributed by atoms with Gasteiger partial charge in [0, 0.05) is 11.6 Å². The van der Waals surface area contributed by atoms with Crippen LogP contribution in [0.5, 0.6) is 5.75 Å². The number of benzene rings is 1. The standard InChI is InChI=1S/C10H13F2NO.ClH/c1-14-7-2-3-9(12)8(6-7)10(13)4-5-11;/h2-3,6,10H,4-5,13H2,1H3;1H/t10-;/m0./s1. The normalized spacial score (nSPS) is 11.7. The lowest BCUT2D eigenvalue weighted by atomic mass is 10.0. The number of halogens is 3. The Labute approximate surface area is 93.8 Å². The summed E-state index contributed by atoms with van der Waals surface area (Å²) in [5.74, 6) is 0.0995. The van der Waals surface area contributed by atoms with Gasteiger partial charge in [0.25, 0.3) is 0 Å². The van der Waals surface area contributed by atoms with Gasteiger partial charge in [-0.25, -0.2) is 4.39 Å². The minimum absolute atomic E-state index is 0. The van der Waals surface area contributed by atoms with Crippen molar-refractivity contribution in [2.75, 3.05) is 13.8 Å². The van der Waals surface area contributed by atoms with Crippen LogP contribution in [0.1, 0.15) is 18.0 Å². The highest BCUT2D eigenvalue weighted by Gasteiger charge is 2.12. The third-order valence-corrected chi connectivity index (χ3v) is 2.02. The van der Waals surface area contributed by atoms with Crippen LogP contribution in [0.15, 0.2) is 18.2 Å². The van der Waals surface area contributed by atoms with Gasteiger partial charge in [0.2, 0.25) is 0 Å². The van der Waals surface area contributed by atoms with Crippen molar-refractivity contribution in [1.82, 2.24) is 0 Å². The van der Waals surface area contributed by atoms with Crippen molar-refractivity contribution < 1.29 is 13.5 Å². The van der Waals surface area contributed by atoms with E-state index in [4.69, 9.17) is 10.5 Å². The van der Waals surface area contributed by atoms with E-state index >= 15 is 0 Å². The predicted octanol–water partition coefficient (Wildman–Crippen LogP) is 2.62. The number of methoxy groups -OCH3 is 1. The topological polar surface area (TPSA) is 35.2 Å². The molecule has 0 aliphatic rings. The Kier molecular flexibility index (Phi) is 6.20. The molecule has 0 amide bonds. The molecule has 1 aromatic carbocycles. The first kappa shape index (κ1) is 14.1. The fourth-order valence-corrected chi connectivity index (χ4v) is 1.21. The zero-order chi connectivity index (χ0) is 10.6. The first-order valence-electron chi connectivity index (χ1n) is 4.34. The second kappa shape index (κ2) is 6.58. The Balaban J connectivity index is 0.00000196. The van der Waals surface area contributed by atoms with Crippen molar-refractivity contribution in [3.05, 3.63) is 29.6 Å². The molecule has 0 aliphatic carbocycles. The molecule has 2 nitrogen and oxygen atoms in total. The van der Waals surface area contributed by atoms with E-state index in [1.54, 1.807) is 0 Å².